The number of carbonyl (C=O) groups excluding carboxylic acids is 2. The number of piperidine rings is 1. The van der Waals surface area contributed by atoms with E-state index in [2.05, 4.69) is 25.8 Å². The molecular weight excluding hydrogens is 639 g/mol. The number of nitrogens with one attached hydrogen (secondary N) is 4. The van der Waals surface area contributed by atoms with Crippen LogP contribution in [-0.4, -0.2) is 59.3 Å². The summed E-state index contributed by atoms with van der Waals surface area (Å²) in [6.07, 6.45) is 1.83. The summed E-state index contributed by atoms with van der Waals surface area (Å²) in [6.45, 7) is 5.35. The summed E-state index contributed by atoms with van der Waals surface area (Å²) in [5, 5.41) is 19.5. The van der Waals surface area contributed by atoms with Crippen molar-refractivity contribution >= 4 is 44.9 Å². The molecule has 0 aliphatic carbocycles. The lowest BCUT2D eigenvalue weighted by Gasteiger charge is -2.31. The molecule has 0 atom stereocenters. The number of hydrogen-bond donors (Lipinski definition) is 5. The number of ether oxygens (including phenoxy) is 1. The van der Waals surface area contributed by atoms with Crippen molar-refractivity contribution in [2.45, 2.75) is 45.3 Å². The largest absolute Gasteiger partial charge is 0.506 e. The average Bonchev–Trinajstić information content (AvgIpc) is 3.51. The van der Waals surface area contributed by atoms with Gasteiger partial charge >= 0.3 is 11.0 Å². The second-order valence-corrected chi connectivity index (χ2v) is 13.3. The van der Waals surface area contributed by atoms with Crippen molar-refractivity contribution in [2.24, 2.45) is 0 Å². The summed E-state index contributed by atoms with van der Waals surface area (Å²) in [6, 6.07) is 27.1. The lowest BCUT2D eigenvalue weighted by molar-refractivity contribution is -0.116. The molecule has 1 fully saturated rings. The second kappa shape index (κ2) is 16.0. The lowest BCUT2D eigenvalue weighted by atomic mass is 10.0. The van der Waals surface area contributed by atoms with E-state index < -0.39 is 6.09 Å². The number of fused-ring (bicyclic) bond motifs is 1. The minimum atomic E-state index is -0.457. The average molecular weight is 680 g/mol. The first-order valence-electron chi connectivity index (χ1n) is 16.6. The molecule has 11 heteroatoms. The first-order chi connectivity index (χ1) is 23.8. The van der Waals surface area contributed by atoms with Crippen LogP contribution in [0.15, 0.2) is 89.7 Å². The molecule has 254 valence electrons. The van der Waals surface area contributed by atoms with Crippen LogP contribution in [-0.2, 0) is 22.5 Å². The molecule has 0 radical (unpaired) electrons. The van der Waals surface area contributed by atoms with Crippen LogP contribution in [0.1, 0.15) is 36.0 Å². The number of rotatable bonds is 12. The van der Waals surface area contributed by atoms with Gasteiger partial charge in [-0.3, -0.25) is 14.9 Å². The Morgan fingerprint density at radius 3 is 2.51 bits per heavy atom. The number of nitrogens with zero attached hydrogens (tertiary/aromatic N) is 1. The van der Waals surface area contributed by atoms with Gasteiger partial charge in [-0.2, -0.15) is 0 Å². The number of thiazole rings is 1. The van der Waals surface area contributed by atoms with Gasteiger partial charge < -0.3 is 30.4 Å². The molecule has 1 aliphatic heterocycles. The zero-order chi connectivity index (χ0) is 34.2. The number of anilines is 2. The van der Waals surface area contributed by atoms with Gasteiger partial charge in [-0.25, -0.2) is 4.79 Å². The van der Waals surface area contributed by atoms with Gasteiger partial charge in [0, 0.05) is 43.9 Å². The molecule has 5 aromatic rings. The molecule has 1 aliphatic rings. The van der Waals surface area contributed by atoms with E-state index in [1.165, 1.54) is 0 Å². The number of H-pyrrole nitrogens is 1. The quantitative estimate of drug-likeness (QED) is 0.0933. The first-order valence-corrected chi connectivity index (χ1v) is 17.4. The molecule has 2 heterocycles. The number of likely N-dealkylation sites (tertiary alicyclic amines) is 1. The number of aromatic hydroxyl groups is 1. The van der Waals surface area contributed by atoms with E-state index in [1.54, 1.807) is 6.07 Å². The zero-order valence-electron chi connectivity index (χ0n) is 27.5. The van der Waals surface area contributed by atoms with Crippen LogP contribution >= 0.6 is 11.3 Å². The Bertz CT molecular complexity index is 1970. The first kappa shape index (κ1) is 33.9. The number of phenolic OH excluding ortho intramolecular Hbond substituents is 1. The van der Waals surface area contributed by atoms with E-state index >= 15 is 0 Å². The molecule has 5 N–H and O–H groups in total. The fourth-order valence-corrected chi connectivity index (χ4v) is 7.05. The Labute approximate surface area is 289 Å². The highest BCUT2D eigenvalue weighted by molar-refractivity contribution is 7.16. The van der Waals surface area contributed by atoms with E-state index in [4.69, 9.17) is 4.74 Å². The number of aromatic amines is 1. The van der Waals surface area contributed by atoms with Crippen LogP contribution in [0.4, 0.5) is 16.2 Å². The third kappa shape index (κ3) is 8.94. The van der Waals surface area contributed by atoms with Crippen molar-refractivity contribution in [1.29, 1.82) is 0 Å². The Kier molecular flexibility index (Phi) is 11.0. The summed E-state index contributed by atoms with van der Waals surface area (Å²) < 4.78 is 6.54. The molecule has 10 nitrogen and oxygen atoms in total. The molecule has 1 aromatic heterocycles. The maximum atomic E-state index is 13.0. The fourth-order valence-electron chi connectivity index (χ4n) is 6.15. The molecule has 0 bridgehead atoms. The molecule has 4 aromatic carbocycles. The predicted octanol–water partition coefficient (Wildman–Crippen LogP) is 6.64. The van der Waals surface area contributed by atoms with Gasteiger partial charge in [0.05, 0.1) is 10.4 Å². The minimum Gasteiger partial charge on any atom is -0.506 e. The molecular formula is C38H41N5O5S. The highest BCUT2D eigenvalue weighted by atomic mass is 32.1. The number of benzene rings is 4. The Balaban J connectivity index is 0.931. The fraction of sp³-hybridized carbons (Fsp3) is 0.289. The SMILES string of the molecule is Cc1ccc(CNCCc2ccc(O)c3[nH]c(=O)sc23)c(NC(=O)CCN2CCC(OC(=O)Nc3ccccc3-c3ccccc3)CC2)c1. The Hall–Kier alpha value is -4.97. The van der Waals surface area contributed by atoms with Crippen molar-refractivity contribution in [3.8, 4) is 16.9 Å². The minimum absolute atomic E-state index is 0.0458. The van der Waals surface area contributed by atoms with Gasteiger partial charge in [0.1, 0.15) is 17.4 Å². The maximum absolute atomic E-state index is 13.0. The van der Waals surface area contributed by atoms with Crippen LogP contribution in [0.25, 0.3) is 21.3 Å². The van der Waals surface area contributed by atoms with Crippen LogP contribution in [0.5, 0.6) is 5.75 Å². The number of carbonyl (C=O) groups is 2. The molecule has 0 unspecified atom stereocenters. The van der Waals surface area contributed by atoms with Gasteiger partial charge in [-0.05, 0) is 73.2 Å². The van der Waals surface area contributed by atoms with Gasteiger partial charge in [-0.1, -0.05) is 78.1 Å². The number of amides is 2. The van der Waals surface area contributed by atoms with Crippen LogP contribution < -0.4 is 20.8 Å². The van der Waals surface area contributed by atoms with Gasteiger partial charge in [0.2, 0.25) is 5.91 Å². The summed E-state index contributed by atoms with van der Waals surface area (Å²) >= 11 is 1.10. The van der Waals surface area contributed by atoms with Crippen molar-refractivity contribution in [1.82, 2.24) is 15.2 Å². The lowest BCUT2D eigenvalue weighted by Crippen LogP contribution is -2.39. The molecule has 1 saturated heterocycles. The van der Waals surface area contributed by atoms with E-state index in [0.717, 1.165) is 62.6 Å². The van der Waals surface area contributed by atoms with Crippen LogP contribution in [0.2, 0.25) is 0 Å². The smallest absolute Gasteiger partial charge is 0.411 e. The molecule has 0 spiro atoms. The standard InChI is InChI=1S/C38H41N5O5S/c1-25-11-12-28(24-39-19-15-27-13-14-33(44)35-36(27)49-38(47)42-35)32(23-25)40-34(45)18-22-43-20-16-29(17-21-43)48-37(46)41-31-10-6-5-9-30(31)26-7-3-2-4-8-26/h2-14,23,29,39,44H,15-22,24H2,1H3,(H,40,45)(H,41,46)(H,42,47). The number of phenols is 1. The molecule has 6 rings (SSSR count). The van der Waals surface area contributed by atoms with Crippen LogP contribution in [0, 0.1) is 6.92 Å². The molecule has 0 saturated carbocycles. The van der Waals surface area contributed by atoms with Gasteiger partial charge in [-0.15, -0.1) is 0 Å². The van der Waals surface area contributed by atoms with Gasteiger partial charge in [0.15, 0.2) is 0 Å². The van der Waals surface area contributed by atoms with Crippen molar-refractivity contribution in [3.05, 3.63) is 111 Å². The Morgan fingerprint density at radius 2 is 1.69 bits per heavy atom. The van der Waals surface area contributed by atoms with E-state index in [-0.39, 0.29) is 22.6 Å². The number of aromatic nitrogens is 1. The molecule has 49 heavy (non-hydrogen) atoms. The summed E-state index contributed by atoms with van der Waals surface area (Å²) in [5.74, 6) is 0.0284. The van der Waals surface area contributed by atoms with Crippen molar-refractivity contribution in [2.75, 3.05) is 36.8 Å². The van der Waals surface area contributed by atoms with Crippen molar-refractivity contribution < 1.29 is 19.4 Å². The Morgan fingerprint density at radius 1 is 0.939 bits per heavy atom. The molecule has 2 amide bonds. The predicted molar refractivity (Wildman–Crippen MR) is 195 cm³/mol. The van der Waals surface area contributed by atoms with E-state index in [0.29, 0.717) is 56.5 Å². The monoisotopic (exact) mass is 679 g/mol. The van der Waals surface area contributed by atoms with E-state index in [1.807, 2.05) is 85.8 Å². The highest BCUT2D eigenvalue weighted by Gasteiger charge is 2.23. The summed E-state index contributed by atoms with van der Waals surface area (Å²) in [4.78, 5) is 42.4. The zero-order valence-corrected chi connectivity index (χ0v) is 28.3. The number of aryl methyl sites for hydroxylation is 1. The summed E-state index contributed by atoms with van der Waals surface area (Å²) in [5.41, 5.74) is 6.98. The number of para-hydroxylation sites is 1. The van der Waals surface area contributed by atoms with E-state index in [9.17, 15) is 19.5 Å². The summed E-state index contributed by atoms with van der Waals surface area (Å²) in [7, 11) is 0. The second-order valence-electron chi connectivity index (χ2n) is 12.3. The van der Waals surface area contributed by atoms with Crippen LogP contribution in [0.3, 0.4) is 0 Å². The number of hydrogen-bond acceptors (Lipinski definition) is 8. The highest BCUT2D eigenvalue weighted by Crippen LogP contribution is 2.29. The third-order valence-electron chi connectivity index (χ3n) is 8.78. The topological polar surface area (TPSA) is 136 Å². The normalized spacial score (nSPS) is 13.7. The maximum Gasteiger partial charge on any atom is 0.411 e. The van der Waals surface area contributed by atoms with Gasteiger partial charge in [0.25, 0.3) is 0 Å². The van der Waals surface area contributed by atoms with Crippen molar-refractivity contribution in [3.63, 3.8) is 0 Å². The third-order valence-corrected chi connectivity index (χ3v) is 9.73.